The second-order valence-corrected chi connectivity index (χ2v) is 9.69. The minimum absolute atomic E-state index is 0.00489. The first-order valence-electron chi connectivity index (χ1n) is 11.0. The fraction of sp³-hybridized carbons (Fsp3) is 0.478. The predicted molar refractivity (Wildman–Crippen MR) is 125 cm³/mol. The quantitative estimate of drug-likeness (QED) is 0.469. The highest BCUT2D eigenvalue weighted by Gasteiger charge is 2.31. The zero-order valence-electron chi connectivity index (χ0n) is 19.3. The Labute approximate surface area is 201 Å². The molecule has 1 aliphatic carbocycles. The summed E-state index contributed by atoms with van der Waals surface area (Å²) in [6, 6.07) is 2.51. The summed E-state index contributed by atoms with van der Waals surface area (Å²) in [6.07, 6.45) is 3.60. The van der Waals surface area contributed by atoms with Crippen LogP contribution in [0.5, 0.6) is 0 Å². The van der Waals surface area contributed by atoms with E-state index in [1.54, 1.807) is 25.3 Å². The summed E-state index contributed by atoms with van der Waals surface area (Å²) in [7, 11) is 0. The van der Waals surface area contributed by atoms with Gasteiger partial charge in [0.2, 0.25) is 5.91 Å². The minimum atomic E-state index is -1.12. The Kier molecular flexibility index (Phi) is 7.62. The number of anilines is 1. The molecule has 3 amide bonds. The molecule has 1 fully saturated rings. The summed E-state index contributed by atoms with van der Waals surface area (Å²) >= 11 is 6.05. The number of carbonyl (C=O) groups excluding carboxylic acids is 3. The molecule has 1 saturated carbocycles. The lowest BCUT2D eigenvalue weighted by Gasteiger charge is -2.29. The number of hydrogen-bond donors (Lipinski definition) is 4. The summed E-state index contributed by atoms with van der Waals surface area (Å²) in [6.45, 7) is 4.66. The number of nitrogens with two attached hydrogens (primary N) is 1. The smallest absolute Gasteiger partial charge is 0.272 e. The highest BCUT2D eigenvalue weighted by Crippen LogP contribution is 2.35. The van der Waals surface area contributed by atoms with Gasteiger partial charge in [0.25, 0.3) is 11.8 Å². The lowest BCUT2D eigenvalue weighted by atomic mass is 9.85. The first kappa shape index (κ1) is 25.6. The van der Waals surface area contributed by atoms with Crippen LogP contribution in [0.15, 0.2) is 18.5 Å². The number of hydrogen-bond acceptors (Lipinski definition) is 5. The SMILES string of the molecule is Cc1cc(NC(=O)C2CCC(n3cnc(C(=O)NCC(C)(C)O)c3C(N)=O)CC2)c(Cl)cc1F. The third-order valence-corrected chi connectivity index (χ3v) is 6.20. The van der Waals surface area contributed by atoms with E-state index in [-0.39, 0.29) is 40.8 Å². The van der Waals surface area contributed by atoms with Crippen molar-refractivity contribution in [1.82, 2.24) is 14.9 Å². The Bertz CT molecular complexity index is 1100. The number of benzene rings is 1. The van der Waals surface area contributed by atoms with Gasteiger partial charge in [0.15, 0.2) is 5.69 Å². The predicted octanol–water partition coefficient (Wildman–Crippen LogP) is 2.95. The average Bonchev–Trinajstić information content (AvgIpc) is 3.21. The van der Waals surface area contributed by atoms with Crippen LogP contribution < -0.4 is 16.4 Å². The molecule has 1 heterocycles. The van der Waals surface area contributed by atoms with Gasteiger partial charge in [-0.3, -0.25) is 14.4 Å². The molecule has 11 heteroatoms. The van der Waals surface area contributed by atoms with Crippen LogP contribution in [0.1, 0.15) is 72.1 Å². The number of primary amides is 1. The van der Waals surface area contributed by atoms with E-state index >= 15 is 0 Å². The van der Waals surface area contributed by atoms with E-state index in [0.29, 0.717) is 36.9 Å². The van der Waals surface area contributed by atoms with Crippen LogP contribution in [0.3, 0.4) is 0 Å². The normalized spacial score (nSPS) is 18.4. The molecule has 9 nitrogen and oxygen atoms in total. The lowest BCUT2D eigenvalue weighted by Crippen LogP contribution is -2.39. The van der Waals surface area contributed by atoms with Crippen LogP contribution in [-0.4, -0.2) is 44.5 Å². The highest BCUT2D eigenvalue weighted by molar-refractivity contribution is 6.33. The van der Waals surface area contributed by atoms with E-state index in [0.717, 1.165) is 0 Å². The summed E-state index contributed by atoms with van der Waals surface area (Å²) < 4.78 is 15.2. The molecule has 2 aromatic rings. The van der Waals surface area contributed by atoms with Crippen LogP contribution in [0, 0.1) is 18.7 Å². The zero-order chi connectivity index (χ0) is 25.2. The van der Waals surface area contributed by atoms with Gasteiger partial charge in [-0.15, -0.1) is 0 Å². The topological polar surface area (TPSA) is 139 Å². The van der Waals surface area contributed by atoms with Gasteiger partial charge in [0.05, 0.1) is 22.6 Å². The molecular weight excluding hydrogens is 465 g/mol. The lowest BCUT2D eigenvalue weighted by molar-refractivity contribution is -0.121. The van der Waals surface area contributed by atoms with Gasteiger partial charge in [-0.2, -0.15) is 0 Å². The Balaban J connectivity index is 1.67. The van der Waals surface area contributed by atoms with Crippen molar-refractivity contribution in [1.29, 1.82) is 0 Å². The van der Waals surface area contributed by atoms with Crippen LogP contribution in [0.2, 0.25) is 5.02 Å². The number of amides is 3. The summed E-state index contributed by atoms with van der Waals surface area (Å²) in [5, 5.41) is 15.3. The molecule has 0 aliphatic heterocycles. The summed E-state index contributed by atoms with van der Waals surface area (Å²) in [4.78, 5) is 41.5. The fourth-order valence-electron chi connectivity index (χ4n) is 4.03. The number of imidazole rings is 1. The maximum Gasteiger partial charge on any atom is 0.272 e. The second-order valence-electron chi connectivity index (χ2n) is 9.28. The monoisotopic (exact) mass is 493 g/mol. The van der Waals surface area contributed by atoms with Crippen molar-refractivity contribution in [2.24, 2.45) is 11.7 Å². The molecular formula is C23H29ClFN5O4. The molecule has 0 spiro atoms. The maximum absolute atomic E-state index is 13.6. The van der Waals surface area contributed by atoms with Gasteiger partial charge < -0.3 is 26.0 Å². The molecule has 1 aromatic carbocycles. The van der Waals surface area contributed by atoms with Gasteiger partial charge in [-0.25, -0.2) is 9.37 Å². The highest BCUT2D eigenvalue weighted by atomic mass is 35.5. The molecule has 184 valence electrons. The Morgan fingerprint density at radius 3 is 2.50 bits per heavy atom. The molecule has 5 N–H and O–H groups in total. The maximum atomic E-state index is 13.6. The molecule has 1 aromatic heterocycles. The van der Waals surface area contributed by atoms with Crippen molar-refractivity contribution in [3.8, 4) is 0 Å². The van der Waals surface area contributed by atoms with Crippen molar-refractivity contribution in [2.75, 3.05) is 11.9 Å². The number of halogens is 2. The van der Waals surface area contributed by atoms with Gasteiger partial charge in [0, 0.05) is 18.5 Å². The van der Waals surface area contributed by atoms with Crippen molar-refractivity contribution in [3.05, 3.63) is 46.3 Å². The Morgan fingerprint density at radius 1 is 1.26 bits per heavy atom. The molecule has 0 saturated heterocycles. The first-order valence-corrected chi connectivity index (χ1v) is 11.4. The number of aryl methyl sites for hydroxylation is 1. The Hall–Kier alpha value is -2.98. The van der Waals surface area contributed by atoms with Gasteiger partial charge in [-0.1, -0.05) is 11.6 Å². The first-order chi connectivity index (χ1) is 15.9. The molecule has 34 heavy (non-hydrogen) atoms. The molecule has 0 unspecified atom stereocenters. The van der Waals surface area contributed by atoms with Crippen molar-refractivity contribution in [2.45, 2.75) is 58.1 Å². The van der Waals surface area contributed by atoms with Crippen LogP contribution >= 0.6 is 11.6 Å². The molecule has 1 aliphatic rings. The van der Waals surface area contributed by atoms with Gasteiger partial charge in [-0.05, 0) is 64.2 Å². The van der Waals surface area contributed by atoms with E-state index in [4.69, 9.17) is 17.3 Å². The van der Waals surface area contributed by atoms with Gasteiger partial charge >= 0.3 is 0 Å². The standard InChI is InChI=1S/C23H29ClFN5O4/c1-12-8-17(15(24)9-16(12)25)29-21(32)13-4-6-14(7-5-13)30-11-28-18(19(30)20(26)31)22(33)27-10-23(2,3)34/h8-9,11,13-14,34H,4-7,10H2,1-3H3,(H2,26,31)(H,27,33)(H,29,32). The fourth-order valence-corrected chi connectivity index (χ4v) is 4.23. The number of nitrogens with zero attached hydrogens (tertiary/aromatic N) is 2. The Morgan fingerprint density at radius 2 is 1.91 bits per heavy atom. The largest absolute Gasteiger partial charge is 0.389 e. The molecule has 0 atom stereocenters. The summed E-state index contributed by atoms with van der Waals surface area (Å²) in [5.41, 5.74) is 5.06. The number of aliphatic hydroxyl groups is 1. The van der Waals surface area contributed by atoms with E-state index in [1.807, 2.05) is 0 Å². The van der Waals surface area contributed by atoms with E-state index < -0.39 is 23.2 Å². The third kappa shape index (κ3) is 5.92. The van der Waals surface area contributed by atoms with E-state index in [1.165, 1.54) is 18.5 Å². The number of carbonyl (C=O) groups is 3. The van der Waals surface area contributed by atoms with Crippen molar-refractivity contribution >= 4 is 35.0 Å². The van der Waals surface area contributed by atoms with Crippen LogP contribution in [0.4, 0.5) is 10.1 Å². The minimum Gasteiger partial charge on any atom is -0.389 e. The molecule has 3 rings (SSSR count). The number of rotatable bonds is 7. The van der Waals surface area contributed by atoms with Crippen LogP contribution in [-0.2, 0) is 4.79 Å². The molecule has 0 bridgehead atoms. The van der Waals surface area contributed by atoms with E-state index in [2.05, 4.69) is 15.6 Å². The number of nitrogens with one attached hydrogen (secondary N) is 2. The van der Waals surface area contributed by atoms with Crippen molar-refractivity contribution < 1.29 is 23.9 Å². The van der Waals surface area contributed by atoms with Gasteiger partial charge in [0.1, 0.15) is 11.5 Å². The third-order valence-electron chi connectivity index (χ3n) is 5.89. The average molecular weight is 494 g/mol. The second kappa shape index (κ2) is 10.1. The van der Waals surface area contributed by atoms with E-state index in [9.17, 15) is 23.9 Å². The summed E-state index contributed by atoms with van der Waals surface area (Å²) in [5.74, 6) is -2.32. The number of aromatic nitrogens is 2. The van der Waals surface area contributed by atoms with Crippen LogP contribution in [0.25, 0.3) is 0 Å². The zero-order valence-corrected chi connectivity index (χ0v) is 20.1. The van der Waals surface area contributed by atoms with Crippen molar-refractivity contribution in [3.63, 3.8) is 0 Å². The molecule has 0 radical (unpaired) electrons.